The molecular formula is C24H20ClNO3. The van der Waals surface area contributed by atoms with E-state index in [1.165, 1.54) is 0 Å². The summed E-state index contributed by atoms with van der Waals surface area (Å²) >= 11 is 6.26. The van der Waals surface area contributed by atoms with Crippen LogP contribution in [-0.4, -0.2) is 16.1 Å². The van der Waals surface area contributed by atoms with Gasteiger partial charge >= 0.3 is 5.97 Å². The van der Waals surface area contributed by atoms with E-state index in [1.807, 2.05) is 66.9 Å². The topological polar surface area (TPSA) is 62.3 Å². The fourth-order valence-electron chi connectivity index (χ4n) is 3.33. The highest BCUT2D eigenvalue weighted by molar-refractivity contribution is 6.31. The van der Waals surface area contributed by atoms with Crippen LogP contribution in [0.3, 0.4) is 0 Å². The first-order valence-electron chi connectivity index (χ1n) is 9.38. The monoisotopic (exact) mass is 405 g/mol. The van der Waals surface area contributed by atoms with Crippen molar-refractivity contribution in [3.05, 3.63) is 89.1 Å². The molecular weight excluding hydrogens is 386 g/mol. The lowest BCUT2D eigenvalue weighted by molar-refractivity contribution is -0.136. The summed E-state index contributed by atoms with van der Waals surface area (Å²) < 4.78 is 6.12. The van der Waals surface area contributed by atoms with Crippen LogP contribution < -0.4 is 4.74 Å². The van der Waals surface area contributed by atoms with Crippen LogP contribution in [0, 0.1) is 0 Å². The molecule has 0 aliphatic heterocycles. The molecule has 0 unspecified atom stereocenters. The summed E-state index contributed by atoms with van der Waals surface area (Å²) in [7, 11) is 0. The van der Waals surface area contributed by atoms with E-state index in [4.69, 9.17) is 21.4 Å². The molecule has 0 aliphatic rings. The zero-order valence-electron chi connectivity index (χ0n) is 15.7. The molecule has 1 heterocycles. The maximum Gasteiger partial charge on any atom is 0.303 e. The number of nitrogens with one attached hydrogen (secondary N) is 1. The molecule has 4 nitrogen and oxygen atoms in total. The predicted octanol–water partition coefficient (Wildman–Crippen LogP) is 6.08. The average Bonchev–Trinajstić information content (AvgIpc) is 3.20. The number of fused-ring (bicyclic) bond motifs is 1. The quantitative estimate of drug-likeness (QED) is 0.391. The molecule has 3 aromatic carbocycles. The molecule has 0 saturated heterocycles. The third-order valence-corrected chi connectivity index (χ3v) is 5.25. The first-order chi connectivity index (χ1) is 14.1. The lowest BCUT2D eigenvalue weighted by Crippen LogP contribution is -2.00. The van der Waals surface area contributed by atoms with Gasteiger partial charge in [-0.05, 0) is 59.3 Å². The number of aryl methyl sites for hydroxylation is 1. The third kappa shape index (κ3) is 4.44. The Labute approximate surface area is 173 Å². The number of aromatic nitrogens is 1. The maximum absolute atomic E-state index is 11.0. The minimum atomic E-state index is -0.806. The third-order valence-electron chi connectivity index (χ3n) is 4.88. The van der Waals surface area contributed by atoms with Crippen molar-refractivity contribution in [1.82, 2.24) is 4.98 Å². The van der Waals surface area contributed by atoms with E-state index in [9.17, 15) is 4.79 Å². The second-order valence-corrected chi connectivity index (χ2v) is 7.29. The van der Waals surface area contributed by atoms with E-state index in [-0.39, 0.29) is 6.42 Å². The highest BCUT2D eigenvalue weighted by atomic mass is 35.5. The molecule has 0 bridgehead atoms. The second-order valence-electron chi connectivity index (χ2n) is 6.88. The van der Waals surface area contributed by atoms with Gasteiger partial charge in [0.15, 0.2) is 0 Å². The van der Waals surface area contributed by atoms with Gasteiger partial charge in [-0.1, -0.05) is 41.9 Å². The van der Waals surface area contributed by atoms with Gasteiger partial charge in [-0.3, -0.25) is 4.79 Å². The van der Waals surface area contributed by atoms with E-state index in [1.54, 1.807) is 0 Å². The maximum atomic E-state index is 11.0. The van der Waals surface area contributed by atoms with Gasteiger partial charge in [0.1, 0.15) is 12.4 Å². The van der Waals surface area contributed by atoms with Crippen molar-refractivity contribution in [2.45, 2.75) is 19.4 Å². The van der Waals surface area contributed by atoms with Gasteiger partial charge in [-0.15, -0.1) is 0 Å². The number of carbonyl (C=O) groups is 1. The van der Waals surface area contributed by atoms with Crippen LogP contribution in [0.25, 0.3) is 22.0 Å². The van der Waals surface area contributed by atoms with Crippen LogP contribution >= 0.6 is 11.6 Å². The number of benzene rings is 3. The molecule has 4 aromatic rings. The van der Waals surface area contributed by atoms with Crippen LogP contribution in [-0.2, 0) is 17.8 Å². The molecule has 146 valence electrons. The molecule has 0 radical (unpaired) electrons. The van der Waals surface area contributed by atoms with Crippen molar-refractivity contribution < 1.29 is 14.6 Å². The number of aliphatic carboxylic acids is 1. The number of H-pyrrole nitrogens is 1. The second kappa shape index (κ2) is 8.41. The Bertz CT molecular complexity index is 1170. The van der Waals surface area contributed by atoms with Gasteiger partial charge in [-0.2, -0.15) is 0 Å². The molecule has 0 fully saturated rings. The van der Waals surface area contributed by atoms with Crippen molar-refractivity contribution >= 4 is 28.5 Å². The summed E-state index contributed by atoms with van der Waals surface area (Å²) in [5.74, 6) is -0.0711. The van der Waals surface area contributed by atoms with Gasteiger partial charge in [-0.25, -0.2) is 0 Å². The average molecular weight is 406 g/mol. The van der Waals surface area contributed by atoms with Crippen LogP contribution in [0.4, 0.5) is 0 Å². The molecule has 0 saturated carbocycles. The van der Waals surface area contributed by atoms with Gasteiger partial charge in [0.05, 0.1) is 0 Å². The SMILES string of the molecule is O=C(O)CCc1ccc(OCc2ccccc2Cl)c(-c2ccc3[nH]ccc3c2)c1. The molecule has 2 N–H and O–H groups in total. The normalized spacial score (nSPS) is 10.9. The zero-order chi connectivity index (χ0) is 20.2. The van der Waals surface area contributed by atoms with Crippen molar-refractivity contribution in [1.29, 1.82) is 0 Å². The number of aromatic amines is 1. The van der Waals surface area contributed by atoms with Crippen molar-refractivity contribution in [3.8, 4) is 16.9 Å². The summed E-state index contributed by atoms with van der Waals surface area (Å²) in [6.07, 6.45) is 2.47. The largest absolute Gasteiger partial charge is 0.488 e. The molecule has 0 amide bonds. The Hall–Kier alpha value is -3.24. The minimum absolute atomic E-state index is 0.0934. The predicted molar refractivity (Wildman–Crippen MR) is 115 cm³/mol. The highest BCUT2D eigenvalue weighted by Gasteiger charge is 2.11. The van der Waals surface area contributed by atoms with Crippen molar-refractivity contribution in [3.63, 3.8) is 0 Å². The summed E-state index contributed by atoms with van der Waals surface area (Å²) in [5, 5.41) is 10.8. The number of halogens is 1. The fraction of sp³-hybridized carbons (Fsp3) is 0.125. The van der Waals surface area contributed by atoms with E-state index in [2.05, 4.69) is 11.1 Å². The Balaban J connectivity index is 1.69. The van der Waals surface area contributed by atoms with E-state index < -0.39 is 5.97 Å². The molecule has 5 heteroatoms. The number of rotatable bonds is 7. The number of hydrogen-bond donors (Lipinski definition) is 2. The van der Waals surface area contributed by atoms with Crippen LogP contribution in [0.5, 0.6) is 5.75 Å². The first kappa shape index (κ1) is 19.1. The Kier molecular flexibility index (Phi) is 5.54. The summed E-state index contributed by atoms with van der Waals surface area (Å²) in [6.45, 7) is 0.355. The number of carboxylic acids is 1. The molecule has 0 atom stereocenters. The Morgan fingerprint density at radius 3 is 2.72 bits per heavy atom. The van der Waals surface area contributed by atoms with Gasteiger partial charge in [0, 0.05) is 34.3 Å². The molecule has 0 aliphatic carbocycles. The van der Waals surface area contributed by atoms with Crippen molar-refractivity contribution in [2.75, 3.05) is 0 Å². The summed E-state index contributed by atoms with van der Waals surface area (Å²) in [5.41, 5.74) is 4.89. The summed E-state index contributed by atoms with van der Waals surface area (Å²) in [6, 6.07) is 21.6. The van der Waals surface area contributed by atoms with Gasteiger partial charge in [0.25, 0.3) is 0 Å². The zero-order valence-corrected chi connectivity index (χ0v) is 16.4. The Morgan fingerprint density at radius 1 is 1.03 bits per heavy atom. The van der Waals surface area contributed by atoms with E-state index in [0.29, 0.717) is 18.1 Å². The number of ether oxygens (including phenoxy) is 1. The number of hydrogen-bond acceptors (Lipinski definition) is 2. The number of carboxylic acid groups (broad SMARTS) is 1. The van der Waals surface area contributed by atoms with Crippen LogP contribution in [0.2, 0.25) is 5.02 Å². The smallest absolute Gasteiger partial charge is 0.303 e. The molecule has 4 rings (SSSR count). The van der Waals surface area contributed by atoms with Gasteiger partial charge < -0.3 is 14.8 Å². The highest BCUT2D eigenvalue weighted by Crippen LogP contribution is 2.34. The van der Waals surface area contributed by atoms with E-state index >= 15 is 0 Å². The molecule has 29 heavy (non-hydrogen) atoms. The fourth-order valence-corrected chi connectivity index (χ4v) is 3.52. The Morgan fingerprint density at radius 2 is 1.90 bits per heavy atom. The minimum Gasteiger partial charge on any atom is -0.488 e. The van der Waals surface area contributed by atoms with Crippen LogP contribution in [0.1, 0.15) is 17.5 Å². The lowest BCUT2D eigenvalue weighted by atomic mass is 9.99. The standard InChI is InChI=1S/C24H20ClNO3/c25-21-4-2-1-3-19(21)15-29-23-9-5-16(6-10-24(27)28)13-20(23)17-7-8-22-18(14-17)11-12-26-22/h1-5,7-9,11-14,26H,6,10,15H2,(H,27,28). The van der Waals surface area contributed by atoms with Crippen LogP contribution in [0.15, 0.2) is 72.9 Å². The summed E-state index contributed by atoms with van der Waals surface area (Å²) in [4.78, 5) is 14.2. The van der Waals surface area contributed by atoms with Crippen molar-refractivity contribution in [2.24, 2.45) is 0 Å². The van der Waals surface area contributed by atoms with E-state index in [0.717, 1.165) is 38.9 Å². The first-order valence-corrected chi connectivity index (χ1v) is 9.76. The molecule has 0 spiro atoms. The van der Waals surface area contributed by atoms with Gasteiger partial charge in [0.2, 0.25) is 0 Å². The lowest BCUT2D eigenvalue weighted by Gasteiger charge is -2.14. The molecule has 1 aromatic heterocycles.